The van der Waals surface area contributed by atoms with Crippen molar-refractivity contribution < 1.29 is 19.1 Å². The van der Waals surface area contributed by atoms with Crippen LogP contribution >= 0.6 is 0 Å². The van der Waals surface area contributed by atoms with Gasteiger partial charge in [-0.15, -0.1) is 0 Å². The first-order valence-electron chi connectivity index (χ1n) is 9.12. The molecule has 0 aromatic heterocycles. The molecular weight excluding hydrogens is 358 g/mol. The molecule has 1 heterocycles. The van der Waals surface area contributed by atoms with Crippen LogP contribution in [-0.4, -0.2) is 42.4 Å². The van der Waals surface area contributed by atoms with E-state index >= 15 is 0 Å². The summed E-state index contributed by atoms with van der Waals surface area (Å²) in [6.07, 6.45) is 0.465. The third-order valence-electron chi connectivity index (χ3n) is 4.61. The first kappa shape index (κ1) is 19.4. The van der Waals surface area contributed by atoms with E-state index in [4.69, 9.17) is 4.74 Å². The number of urea groups is 1. The van der Waals surface area contributed by atoms with Gasteiger partial charge in [0.15, 0.2) is 0 Å². The van der Waals surface area contributed by atoms with Crippen LogP contribution in [0.4, 0.5) is 4.79 Å². The Morgan fingerprint density at radius 2 is 1.79 bits per heavy atom. The standard InChI is InChI=1S/C21H23N3O4/c1-28-17-9-7-15(8-10-17)11-12-24-20(26)18(23-21(24)27)13-19(25)22-14-16-5-3-2-4-6-16/h2-10,18H,11-14H2,1H3,(H,22,25)(H,23,27)/t18-/m0/s1. The summed E-state index contributed by atoms with van der Waals surface area (Å²) in [6.45, 7) is 0.648. The number of carbonyl (C=O) groups is 3. The van der Waals surface area contributed by atoms with Crippen LogP contribution in [0.1, 0.15) is 17.5 Å². The second-order valence-electron chi connectivity index (χ2n) is 6.56. The maximum absolute atomic E-state index is 12.5. The van der Waals surface area contributed by atoms with Gasteiger partial charge in [-0.25, -0.2) is 4.79 Å². The number of nitrogens with one attached hydrogen (secondary N) is 2. The summed E-state index contributed by atoms with van der Waals surface area (Å²) in [5.74, 6) is 0.105. The predicted octanol–water partition coefficient (Wildman–Crippen LogP) is 1.86. The lowest BCUT2D eigenvalue weighted by Crippen LogP contribution is -2.36. The van der Waals surface area contributed by atoms with Gasteiger partial charge >= 0.3 is 6.03 Å². The van der Waals surface area contributed by atoms with Crippen molar-refractivity contribution >= 4 is 17.8 Å². The normalized spacial score (nSPS) is 16.0. The molecule has 1 aliphatic rings. The van der Waals surface area contributed by atoms with Crippen LogP contribution in [-0.2, 0) is 22.6 Å². The molecule has 0 bridgehead atoms. The van der Waals surface area contributed by atoms with Crippen LogP contribution in [0.5, 0.6) is 5.75 Å². The number of nitrogens with zero attached hydrogens (tertiary/aromatic N) is 1. The second kappa shape index (κ2) is 9.03. The minimum Gasteiger partial charge on any atom is -0.497 e. The fourth-order valence-corrected chi connectivity index (χ4v) is 3.01. The molecule has 0 unspecified atom stereocenters. The van der Waals surface area contributed by atoms with Gasteiger partial charge in [-0.1, -0.05) is 42.5 Å². The number of benzene rings is 2. The molecule has 146 valence electrons. The summed E-state index contributed by atoms with van der Waals surface area (Å²) in [4.78, 5) is 37.9. The molecule has 0 radical (unpaired) electrons. The van der Waals surface area contributed by atoms with E-state index in [2.05, 4.69) is 10.6 Å². The SMILES string of the molecule is COc1ccc(CCN2C(=O)N[C@@H](CC(=O)NCc3ccccc3)C2=O)cc1. The molecule has 7 heteroatoms. The number of hydrogen-bond donors (Lipinski definition) is 2. The number of ether oxygens (including phenoxy) is 1. The van der Waals surface area contributed by atoms with Gasteiger partial charge in [-0.3, -0.25) is 14.5 Å². The molecule has 1 aliphatic heterocycles. The third-order valence-corrected chi connectivity index (χ3v) is 4.61. The predicted molar refractivity (Wildman–Crippen MR) is 104 cm³/mol. The lowest BCUT2D eigenvalue weighted by Gasteiger charge is -2.13. The van der Waals surface area contributed by atoms with Crippen molar-refractivity contribution in [3.63, 3.8) is 0 Å². The molecule has 1 fully saturated rings. The number of imide groups is 1. The lowest BCUT2D eigenvalue weighted by molar-refractivity contribution is -0.130. The first-order chi connectivity index (χ1) is 13.6. The Hall–Kier alpha value is -3.35. The molecule has 28 heavy (non-hydrogen) atoms. The van der Waals surface area contributed by atoms with E-state index in [1.54, 1.807) is 7.11 Å². The van der Waals surface area contributed by atoms with Crippen LogP contribution in [0.15, 0.2) is 54.6 Å². The molecule has 4 amide bonds. The van der Waals surface area contributed by atoms with Crippen molar-refractivity contribution in [3.8, 4) is 5.75 Å². The number of carbonyl (C=O) groups excluding carboxylic acids is 3. The van der Waals surface area contributed by atoms with E-state index in [0.29, 0.717) is 13.0 Å². The summed E-state index contributed by atoms with van der Waals surface area (Å²) >= 11 is 0. The van der Waals surface area contributed by atoms with Crippen LogP contribution in [0.25, 0.3) is 0 Å². The molecule has 2 aromatic rings. The van der Waals surface area contributed by atoms with Gasteiger partial charge < -0.3 is 15.4 Å². The van der Waals surface area contributed by atoms with Crippen LogP contribution in [0.3, 0.4) is 0 Å². The van der Waals surface area contributed by atoms with Crippen LogP contribution in [0, 0.1) is 0 Å². The maximum atomic E-state index is 12.5. The molecule has 2 aromatic carbocycles. The Labute approximate surface area is 163 Å². The monoisotopic (exact) mass is 381 g/mol. The van der Waals surface area contributed by atoms with Gasteiger partial charge in [0.25, 0.3) is 5.91 Å². The molecular formula is C21H23N3O4. The van der Waals surface area contributed by atoms with E-state index in [0.717, 1.165) is 16.9 Å². The fraction of sp³-hybridized carbons (Fsp3) is 0.286. The van der Waals surface area contributed by atoms with Crippen molar-refractivity contribution in [3.05, 3.63) is 65.7 Å². The lowest BCUT2D eigenvalue weighted by atomic mass is 10.1. The largest absolute Gasteiger partial charge is 0.497 e. The topological polar surface area (TPSA) is 87.7 Å². The fourth-order valence-electron chi connectivity index (χ4n) is 3.01. The number of methoxy groups -OCH3 is 1. The minimum atomic E-state index is -0.820. The number of rotatable bonds is 8. The zero-order valence-electron chi connectivity index (χ0n) is 15.7. The Kier molecular flexibility index (Phi) is 6.26. The Balaban J connectivity index is 1.48. The van der Waals surface area contributed by atoms with E-state index in [1.807, 2.05) is 54.6 Å². The highest BCUT2D eigenvalue weighted by atomic mass is 16.5. The molecule has 1 atom stereocenters. The summed E-state index contributed by atoms with van der Waals surface area (Å²) in [6, 6.07) is 15.7. The first-order valence-corrected chi connectivity index (χ1v) is 9.12. The highest BCUT2D eigenvalue weighted by Crippen LogP contribution is 2.14. The Bertz CT molecular complexity index is 836. The van der Waals surface area contributed by atoms with Crippen molar-refractivity contribution in [2.45, 2.75) is 25.4 Å². The van der Waals surface area contributed by atoms with Crippen LogP contribution < -0.4 is 15.4 Å². The second-order valence-corrected chi connectivity index (χ2v) is 6.56. The quantitative estimate of drug-likeness (QED) is 0.684. The Morgan fingerprint density at radius 1 is 1.07 bits per heavy atom. The molecule has 3 rings (SSSR count). The van der Waals surface area contributed by atoms with E-state index in [1.165, 1.54) is 4.90 Å². The molecule has 2 N–H and O–H groups in total. The van der Waals surface area contributed by atoms with Crippen molar-refractivity contribution in [2.24, 2.45) is 0 Å². The maximum Gasteiger partial charge on any atom is 0.324 e. The zero-order chi connectivity index (χ0) is 19.9. The van der Waals surface area contributed by atoms with Gasteiger partial charge in [0.1, 0.15) is 11.8 Å². The average Bonchev–Trinajstić information content (AvgIpc) is 2.98. The van der Waals surface area contributed by atoms with E-state index in [9.17, 15) is 14.4 Å². The van der Waals surface area contributed by atoms with Gasteiger partial charge in [0.05, 0.1) is 13.5 Å². The minimum absolute atomic E-state index is 0.0730. The Morgan fingerprint density at radius 3 is 2.46 bits per heavy atom. The third kappa shape index (κ3) is 4.88. The summed E-state index contributed by atoms with van der Waals surface area (Å²) in [5, 5.41) is 5.37. The van der Waals surface area contributed by atoms with E-state index in [-0.39, 0.29) is 24.8 Å². The molecule has 1 saturated heterocycles. The summed E-state index contributed by atoms with van der Waals surface area (Å²) < 4.78 is 5.11. The molecule has 0 aliphatic carbocycles. The molecule has 0 saturated carbocycles. The van der Waals surface area contributed by atoms with Gasteiger partial charge in [0, 0.05) is 13.1 Å². The zero-order valence-corrected chi connectivity index (χ0v) is 15.7. The van der Waals surface area contributed by atoms with Gasteiger partial charge in [-0.2, -0.15) is 0 Å². The molecule has 7 nitrogen and oxygen atoms in total. The highest BCUT2D eigenvalue weighted by molar-refractivity contribution is 6.05. The van der Waals surface area contributed by atoms with Gasteiger partial charge in [0.2, 0.25) is 5.91 Å². The molecule has 0 spiro atoms. The van der Waals surface area contributed by atoms with E-state index < -0.39 is 12.1 Å². The van der Waals surface area contributed by atoms with Gasteiger partial charge in [-0.05, 0) is 29.7 Å². The summed E-state index contributed by atoms with van der Waals surface area (Å²) in [7, 11) is 1.60. The number of amides is 4. The van der Waals surface area contributed by atoms with Crippen LogP contribution in [0.2, 0.25) is 0 Å². The highest BCUT2D eigenvalue weighted by Gasteiger charge is 2.38. The van der Waals surface area contributed by atoms with Crippen molar-refractivity contribution in [1.29, 1.82) is 0 Å². The van der Waals surface area contributed by atoms with Crippen molar-refractivity contribution in [1.82, 2.24) is 15.5 Å². The smallest absolute Gasteiger partial charge is 0.324 e. The number of hydrogen-bond acceptors (Lipinski definition) is 4. The summed E-state index contributed by atoms with van der Waals surface area (Å²) in [5.41, 5.74) is 1.96. The average molecular weight is 381 g/mol. The van der Waals surface area contributed by atoms with Crippen molar-refractivity contribution in [2.75, 3.05) is 13.7 Å².